The molecule has 2 N–H and O–H groups in total. The SMILES string of the molecule is CN=C(NCC(C)(C)C(=O)NC)N1CCSC(C(C)C)C1.I. The molecule has 7 heteroatoms. The minimum Gasteiger partial charge on any atom is -0.359 e. The zero-order valence-corrected chi connectivity index (χ0v) is 17.7. The van der Waals surface area contributed by atoms with E-state index in [0.717, 1.165) is 24.8 Å². The molecule has 1 aliphatic rings. The number of nitrogens with zero attached hydrogens (tertiary/aromatic N) is 2. The summed E-state index contributed by atoms with van der Waals surface area (Å²) in [6.07, 6.45) is 0. The summed E-state index contributed by atoms with van der Waals surface area (Å²) in [5.74, 6) is 2.73. The van der Waals surface area contributed by atoms with Gasteiger partial charge in [0.1, 0.15) is 0 Å². The number of carbonyl (C=O) groups excluding carboxylic acids is 1. The summed E-state index contributed by atoms with van der Waals surface area (Å²) in [6, 6.07) is 0. The van der Waals surface area contributed by atoms with Crippen molar-refractivity contribution in [3.8, 4) is 0 Å². The van der Waals surface area contributed by atoms with E-state index in [-0.39, 0.29) is 29.9 Å². The maximum absolute atomic E-state index is 11.8. The van der Waals surface area contributed by atoms with Gasteiger partial charge in [-0.3, -0.25) is 9.79 Å². The zero-order chi connectivity index (χ0) is 16.0. The van der Waals surface area contributed by atoms with Crippen LogP contribution < -0.4 is 10.6 Å². The Hall–Kier alpha value is -0.180. The molecular formula is C15H31IN4OS. The van der Waals surface area contributed by atoms with E-state index < -0.39 is 5.41 Å². The van der Waals surface area contributed by atoms with Crippen molar-refractivity contribution in [1.29, 1.82) is 0 Å². The topological polar surface area (TPSA) is 56.7 Å². The summed E-state index contributed by atoms with van der Waals surface area (Å²) < 4.78 is 0. The molecule has 1 saturated heterocycles. The number of amides is 1. The number of nitrogens with one attached hydrogen (secondary N) is 2. The lowest BCUT2D eigenvalue weighted by atomic mass is 9.92. The van der Waals surface area contributed by atoms with E-state index in [1.54, 1.807) is 14.1 Å². The van der Waals surface area contributed by atoms with E-state index in [9.17, 15) is 4.79 Å². The Bertz CT molecular complexity index is 388. The van der Waals surface area contributed by atoms with Crippen molar-refractivity contribution in [3.63, 3.8) is 0 Å². The Labute approximate surface area is 156 Å². The average molecular weight is 442 g/mol. The van der Waals surface area contributed by atoms with Gasteiger partial charge in [0.25, 0.3) is 0 Å². The molecule has 1 rings (SSSR count). The molecular weight excluding hydrogens is 411 g/mol. The smallest absolute Gasteiger partial charge is 0.227 e. The van der Waals surface area contributed by atoms with Crippen LogP contribution in [0.2, 0.25) is 0 Å². The molecule has 22 heavy (non-hydrogen) atoms. The molecule has 0 aliphatic carbocycles. The monoisotopic (exact) mass is 442 g/mol. The molecule has 1 fully saturated rings. The fraction of sp³-hybridized carbons (Fsp3) is 0.867. The molecule has 5 nitrogen and oxygen atoms in total. The molecule has 0 spiro atoms. The quantitative estimate of drug-likeness (QED) is 0.398. The van der Waals surface area contributed by atoms with Crippen LogP contribution in [-0.2, 0) is 4.79 Å². The zero-order valence-electron chi connectivity index (χ0n) is 14.6. The number of aliphatic imine (C=N–C) groups is 1. The molecule has 1 atom stereocenters. The van der Waals surface area contributed by atoms with Crippen LogP contribution in [0.4, 0.5) is 0 Å². The predicted octanol–water partition coefficient (Wildman–Crippen LogP) is 2.03. The molecule has 1 aliphatic heterocycles. The molecule has 0 aromatic heterocycles. The van der Waals surface area contributed by atoms with Gasteiger partial charge in [-0.05, 0) is 19.8 Å². The van der Waals surface area contributed by atoms with Gasteiger partial charge in [0.15, 0.2) is 5.96 Å². The van der Waals surface area contributed by atoms with Crippen molar-refractivity contribution in [1.82, 2.24) is 15.5 Å². The highest BCUT2D eigenvalue weighted by molar-refractivity contribution is 14.0. The maximum atomic E-state index is 11.8. The van der Waals surface area contributed by atoms with Crippen LogP contribution in [0.3, 0.4) is 0 Å². The normalized spacial score (nSPS) is 19.7. The van der Waals surface area contributed by atoms with E-state index in [4.69, 9.17) is 0 Å². The highest BCUT2D eigenvalue weighted by Crippen LogP contribution is 2.25. The van der Waals surface area contributed by atoms with Gasteiger partial charge < -0.3 is 15.5 Å². The largest absolute Gasteiger partial charge is 0.359 e. The first kappa shape index (κ1) is 21.8. The first-order valence-corrected chi connectivity index (χ1v) is 8.66. The molecule has 130 valence electrons. The van der Waals surface area contributed by atoms with Gasteiger partial charge in [-0.25, -0.2) is 0 Å². The van der Waals surface area contributed by atoms with Crippen LogP contribution in [0.25, 0.3) is 0 Å². The third-order valence-corrected chi connectivity index (χ3v) is 5.42. The highest BCUT2D eigenvalue weighted by atomic mass is 127. The Balaban J connectivity index is 0.00000441. The number of hydrogen-bond donors (Lipinski definition) is 2. The second-order valence-corrected chi connectivity index (χ2v) is 7.81. The van der Waals surface area contributed by atoms with Crippen LogP contribution in [0.5, 0.6) is 0 Å². The number of hydrogen-bond acceptors (Lipinski definition) is 3. The van der Waals surface area contributed by atoms with Crippen LogP contribution in [0.1, 0.15) is 27.7 Å². The molecule has 0 aromatic rings. The first-order valence-electron chi connectivity index (χ1n) is 7.61. The van der Waals surface area contributed by atoms with Gasteiger partial charge in [-0.15, -0.1) is 24.0 Å². The third-order valence-electron chi connectivity index (χ3n) is 3.88. The predicted molar refractivity (Wildman–Crippen MR) is 107 cm³/mol. The molecule has 0 bridgehead atoms. The molecule has 0 radical (unpaired) electrons. The van der Waals surface area contributed by atoms with Gasteiger partial charge in [0.2, 0.25) is 5.91 Å². The summed E-state index contributed by atoms with van der Waals surface area (Å²) in [6.45, 7) is 11.0. The first-order chi connectivity index (χ1) is 9.81. The fourth-order valence-corrected chi connectivity index (χ4v) is 3.62. The van der Waals surface area contributed by atoms with Gasteiger partial charge in [-0.2, -0.15) is 11.8 Å². The lowest BCUT2D eigenvalue weighted by Gasteiger charge is -2.37. The van der Waals surface area contributed by atoms with Crippen molar-refractivity contribution in [2.45, 2.75) is 32.9 Å². The third kappa shape index (κ3) is 6.14. The van der Waals surface area contributed by atoms with Crippen LogP contribution in [-0.4, -0.2) is 61.5 Å². The summed E-state index contributed by atoms with van der Waals surface area (Å²) in [7, 11) is 3.48. The number of carbonyl (C=O) groups is 1. The van der Waals surface area contributed by atoms with Crippen LogP contribution in [0.15, 0.2) is 4.99 Å². The van der Waals surface area contributed by atoms with Crippen molar-refractivity contribution in [2.24, 2.45) is 16.3 Å². The van der Waals surface area contributed by atoms with Gasteiger partial charge in [0, 0.05) is 44.7 Å². The lowest BCUT2D eigenvalue weighted by Crippen LogP contribution is -2.52. The van der Waals surface area contributed by atoms with Crippen molar-refractivity contribution >= 4 is 47.6 Å². The molecule has 1 amide bonds. The van der Waals surface area contributed by atoms with Crippen LogP contribution in [0, 0.1) is 11.3 Å². The minimum atomic E-state index is -0.452. The lowest BCUT2D eigenvalue weighted by molar-refractivity contribution is -0.128. The second-order valence-electron chi connectivity index (χ2n) is 6.46. The average Bonchev–Trinajstić information content (AvgIpc) is 2.47. The standard InChI is InChI=1S/C15H30N4OS.HI/c1-11(2)12-9-19(7-8-21-12)14(17-6)18-10-15(3,4)13(20)16-5;/h11-12H,7-10H2,1-6H3,(H,16,20)(H,17,18);1H. The van der Waals surface area contributed by atoms with E-state index >= 15 is 0 Å². The van der Waals surface area contributed by atoms with E-state index in [1.807, 2.05) is 25.6 Å². The molecule has 1 unspecified atom stereocenters. The maximum Gasteiger partial charge on any atom is 0.227 e. The summed E-state index contributed by atoms with van der Waals surface area (Å²) in [5, 5.41) is 6.72. The Morgan fingerprint density at radius 2 is 2.09 bits per heavy atom. The van der Waals surface area contributed by atoms with Gasteiger partial charge >= 0.3 is 0 Å². The summed E-state index contributed by atoms with van der Waals surface area (Å²) in [4.78, 5) is 18.5. The molecule has 1 heterocycles. The number of thioether (sulfide) groups is 1. The highest BCUT2D eigenvalue weighted by Gasteiger charge is 2.29. The van der Waals surface area contributed by atoms with Crippen molar-refractivity contribution in [3.05, 3.63) is 0 Å². The fourth-order valence-electron chi connectivity index (χ4n) is 2.32. The number of guanidine groups is 1. The van der Waals surface area contributed by atoms with Gasteiger partial charge in [-0.1, -0.05) is 13.8 Å². The summed E-state index contributed by atoms with van der Waals surface area (Å²) >= 11 is 2.05. The number of rotatable bonds is 4. The van der Waals surface area contributed by atoms with Crippen molar-refractivity contribution < 1.29 is 4.79 Å². The Kier molecular flexibility index (Phi) is 9.77. The minimum absolute atomic E-state index is 0. The van der Waals surface area contributed by atoms with Crippen molar-refractivity contribution in [2.75, 3.05) is 39.5 Å². The Morgan fingerprint density at radius 3 is 2.59 bits per heavy atom. The van der Waals surface area contributed by atoms with E-state index in [1.165, 1.54) is 0 Å². The Morgan fingerprint density at radius 1 is 1.45 bits per heavy atom. The molecule has 0 saturated carbocycles. The second kappa shape index (κ2) is 9.85. The molecule has 0 aromatic carbocycles. The number of halogens is 1. The van der Waals surface area contributed by atoms with Gasteiger partial charge in [0.05, 0.1) is 5.41 Å². The summed E-state index contributed by atoms with van der Waals surface area (Å²) in [5.41, 5.74) is -0.452. The van der Waals surface area contributed by atoms with E-state index in [2.05, 4.69) is 34.4 Å². The van der Waals surface area contributed by atoms with E-state index in [0.29, 0.717) is 17.7 Å². The van der Waals surface area contributed by atoms with Crippen LogP contribution >= 0.6 is 35.7 Å².